The molecule has 0 amide bonds. The maximum atomic E-state index is 11.4. The summed E-state index contributed by atoms with van der Waals surface area (Å²) in [6.07, 6.45) is 0.823. The van der Waals surface area contributed by atoms with Crippen LogP contribution in [0.25, 0.3) is 0 Å². The van der Waals surface area contributed by atoms with Gasteiger partial charge in [-0.1, -0.05) is 0 Å². The summed E-state index contributed by atoms with van der Waals surface area (Å²) in [5.41, 5.74) is 0.400. The van der Waals surface area contributed by atoms with Gasteiger partial charge in [-0.15, -0.1) is 0 Å². The minimum Gasteiger partial charge on any atom is -0.768 e. The van der Waals surface area contributed by atoms with Crippen LogP contribution in [0.5, 0.6) is 0 Å². The lowest BCUT2D eigenvalue weighted by molar-refractivity contribution is 0.236. The van der Waals surface area contributed by atoms with Gasteiger partial charge in [0.2, 0.25) is 0 Å². The third-order valence-electron chi connectivity index (χ3n) is 3.91. The zero-order chi connectivity index (χ0) is 17.5. The highest BCUT2D eigenvalue weighted by Crippen LogP contribution is 2.23. The summed E-state index contributed by atoms with van der Waals surface area (Å²) in [6, 6.07) is 4.01. The van der Waals surface area contributed by atoms with Gasteiger partial charge in [-0.05, 0) is 46.8 Å². The lowest BCUT2D eigenvalue weighted by Gasteiger charge is -2.29. The summed E-state index contributed by atoms with van der Waals surface area (Å²) in [7, 11) is 0. The topological polar surface area (TPSA) is 108 Å². The molecule has 0 saturated carbocycles. The maximum Gasteiger partial charge on any atom is 0.0495 e. The predicted octanol–water partition coefficient (Wildman–Crippen LogP) is 0.168. The van der Waals surface area contributed by atoms with E-state index in [1.165, 1.54) is 12.1 Å². The van der Waals surface area contributed by atoms with Gasteiger partial charge in [-0.2, -0.15) is 12.6 Å². The number of benzene rings is 1. The van der Waals surface area contributed by atoms with Crippen molar-refractivity contribution in [2.24, 2.45) is 0 Å². The summed E-state index contributed by atoms with van der Waals surface area (Å²) in [5, 5.41) is 6.47. The summed E-state index contributed by atoms with van der Waals surface area (Å²) in [4.78, 5) is 2.25. The van der Waals surface area contributed by atoms with Crippen molar-refractivity contribution in [2.45, 2.75) is 22.3 Å². The summed E-state index contributed by atoms with van der Waals surface area (Å²) >= 11 is -0.651. The van der Waals surface area contributed by atoms with Gasteiger partial charge in [-0.25, -0.2) is 0 Å². The number of hydrogen-bond donors (Lipinski definition) is 3. The molecule has 2 unspecified atom stereocenters. The highest BCUT2D eigenvalue weighted by molar-refractivity contribution is 7.80. The van der Waals surface area contributed by atoms with Crippen molar-refractivity contribution in [1.29, 1.82) is 0 Å². The van der Waals surface area contributed by atoms with Gasteiger partial charge in [0, 0.05) is 60.0 Å². The minimum absolute atomic E-state index is 0.00545. The van der Waals surface area contributed by atoms with Gasteiger partial charge >= 0.3 is 0 Å². The molecular formula is C14H21N3O4S3-2. The van der Waals surface area contributed by atoms with E-state index in [2.05, 4.69) is 28.2 Å². The van der Waals surface area contributed by atoms with E-state index < -0.39 is 22.2 Å². The average Bonchev–Trinajstić information content (AvgIpc) is 2.59. The molecule has 1 aliphatic rings. The highest BCUT2D eigenvalue weighted by atomic mass is 32.2. The monoisotopic (exact) mass is 391 g/mol. The fourth-order valence-electron chi connectivity index (χ4n) is 2.57. The van der Waals surface area contributed by atoms with Crippen LogP contribution in [0.15, 0.2) is 28.0 Å². The second kappa shape index (κ2) is 9.85. The molecule has 1 aliphatic heterocycles. The van der Waals surface area contributed by atoms with Gasteiger partial charge in [0.05, 0.1) is 0 Å². The van der Waals surface area contributed by atoms with E-state index in [4.69, 9.17) is 0 Å². The molecule has 3 atom stereocenters. The lowest BCUT2D eigenvalue weighted by Crippen LogP contribution is -2.44. The second-order valence-corrected chi connectivity index (χ2v) is 7.75. The van der Waals surface area contributed by atoms with Gasteiger partial charge in [0.15, 0.2) is 0 Å². The molecule has 0 aliphatic carbocycles. The third kappa shape index (κ3) is 5.80. The molecule has 10 heteroatoms. The third-order valence-corrected chi connectivity index (χ3v) is 5.68. The Morgan fingerprint density at radius 2 is 1.96 bits per heavy atom. The molecular weight excluding hydrogens is 370 g/mol. The van der Waals surface area contributed by atoms with Gasteiger partial charge in [0.25, 0.3) is 0 Å². The van der Waals surface area contributed by atoms with E-state index in [0.29, 0.717) is 11.4 Å². The molecule has 24 heavy (non-hydrogen) atoms. The number of nitrogens with zero attached hydrogens (tertiary/aromatic N) is 1. The van der Waals surface area contributed by atoms with Crippen LogP contribution in [0.2, 0.25) is 0 Å². The largest absolute Gasteiger partial charge is 0.768 e. The van der Waals surface area contributed by atoms with Crippen molar-refractivity contribution >= 4 is 40.5 Å². The molecule has 0 bridgehead atoms. The Balaban J connectivity index is 2.03. The van der Waals surface area contributed by atoms with E-state index in [-0.39, 0.29) is 15.8 Å². The number of piperazine rings is 1. The van der Waals surface area contributed by atoms with Crippen LogP contribution < -0.4 is 10.6 Å². The normalized spacial score (nSPS) is 19.6. The highest BCUT2D eigenvalue weighted by Gasteiger charge is 2.14. The zero-order valence-electron chi connectivity index (χ0n) is 13.1. The number of hydrogen-bond acceptors (Lipinski definition) is 8. The van der Waals surface area contributed by atoms with Crippen molar-refractivity contribution in [3.8, 4) is 0 Å². The molecule has 136 valence electrons. The van der Waals surface area contributed by atoms with Gasteiger partial charge in [-0.3, -0.25) is 8.42 Å². The summed E-state index contributed by atoms with van der Waals surface area (Å²) in [6.45, 7) is 4.86. The van der Waals surface area contributed by atoms with Crippen LogP contribution >= 0.6 is 12.6 Å². The Morgan fingerprint density at radius 3 is 2.54 bits per heavy atom. The average molecular weight is 392 g/mol. The Labute approximate surface area is 152 Å². The van der Waals surface area contributed by atoms with Crippen molar-refractivity contribution < 1.29 is 17.5 Å². The first-order valence-corrected chi connectivity index (χ1v) is 10.4. The molecule has 1 saturated heterocycles. The van der Waals surface area contributed by atoms with Crippen LogP contribution in [0, 0.1) is 0 Å². The Hall–Kier alpha value is -0.490. The van der Waals surface area contributed by atoms with E-state index in [9.17, 15) is 17.5 Å². The fraction of sp³-hybridized carbons (Fsp3) is 0.571. The number of nitrogens with one attached hydrogen (secondary N) is 2. The predicted molar refractivity (Wildman–Crippen MR) is 96.0 cm³/mol. The van der Waals surface area contributed by atoms with Crippen LogP contribution in [-0.2, 0) is 22.2 Å². The molecule has 1 aromatic rings. The van der Waals surface area contributed by atoms with Crippen molar-refractivity contribution in [2.75, 3.05) is 43.8 Å². The molecule has 0 radical (unpaired) electrons. The standard InChI is InChI=1S/C14H23N3O4S3/c18-23(19)12-1-2-13(14(9-12)24(20)21)16-11(10-22)3-6-17-7-4-15-5-8-17/h1-2,9,11,15-16,22H,3-8,10H2,(H,18,19)(H,20,21)/p-2/t11-/m1/s1. The second-order valence-electron chi connectivity index (χ2n) is 5.53. The Bertz CT molecular complexity index is 597. The van der Waals surface area contributed by atoms with Crippen LogP contribution in [0.3, 0.4) is 0 Å². The quantitative estimate of drug-likeness (QED) is 0.428. The molecule has 1 fully saturated rings. The first-order chi connectivity index (χ1) is 11.5. The first-order valence-electron chi connectivity index (χ1n) is 7.64. The maximum absolute atomic E-state index is 11.4. The Kier molecular flexibility index (Phi) is 8.14. The van der Waals surface area contributed by atoms with E-state index in [1.807, 2.05) is 0 Å². The molecule has 1 heterocycles. The number of thiol groups is 1. The van der Waals surface area contributed by atoms with E-state index in [0.717, 1.165) is 45.2 Å². The zero-order valence-corrected chi connectivity index (χ0v) is 15.6. The van der Waals surface area contributed by atoms with Gasteiger partial charge in [0.1, 0.15) is 0 Å². The van der Waals surface area contributed by atoms with Gasteiger partial charge < -0.3 is 24.6 Å². The Morgan fingerprint density at radius 1 is 1.25 bits per heavy atom. The van der Waals surface area contributed by atoms with Crippen molar-refractivity contribution in [3.63, 3.8) is 0 Å². The van der Waals surface area contributed by atoms with E-state index >= 15 is 0 Å². The first kappa shape index (κ1) is 19.8. The summed E-state index contributed by atoms with van der Waals surface area (Å²) in [5.74, 6) is 0.548. The molecule has 1 aromatic carbocycles. The smallest absolute Gasteiger partial charge is 0.0495 e. The molecule has 7 nitrogen and oxygen atoms in total. The van der Waals surface area contributed by atoms with E-state index in [1.54, 1.807) is 0 Å². The van der Waals surface area contributed by atoms with Crippen LogP contribution in [0.4, 0.5) is 5.69 Å². The van der Waals surface area contributed by atoms with Crippen molar-refractivity contribution in [3.05, 3.63) is 18.2 Å². The van der Waals surface area contributed by atoms with Crippen LogP contribution in [0.1, 0.15) is 6.42 Å². The molecule has 2 rings (SSSR count). The molecule has 0 aromatic heterocycles. The fourth-order valence-corrected chi connectivity index (χ4v) is 3.84. The minimum atomic E-state index is -2.52. The SMILES string of the molecule is O=S([O-])c1ccc(N[C@@H](CS)CCN2CCNCC2)c(S(=O)[O-])c1. The molecule has 2 N–H and O–H groups in total. The number of anilines is 1. The van der Waals surface area contributed by atoms with Crippen molar-refractivity contribution in [1.82, 2.24) is 10.2 Å². The number of rotatable bonds is 8. The van der Waals surface area contributed by atoms with Crippen LogP contribution in [-0.4, -0.2) is 66.9 Å². The molecule has 0 spiro atoms. The lowest BCUT2D eigenvalue weighted by atomic mass is 10.2. The summed E-state index contributed by atoms with van der Waals surface area (Å²) < 4.78 is 44.8.